The van der Waals surface area contributed by atoms with Gasteiger partial charge >= 0.3 is 0 Å². The Bertz CT molecular complexity index is 344. The fourth-order valence-electron chi connectivity index (χ4n) is 1.10. The Balaban J connectivity index is 0.000000980. The zero-order valence-electron chi connectivity index (χ0n) is 7.62. The van der Waals surface area contributed by atoms with Crippen molar-refractivity contribution in [3.05, 3.63) is 18.2 Å². The van der Waals surface area contributed by atoms with E-state index in [1.807, 2.05) is 18.5 Å². The lowest BCUT2D eigenvalue weighted by Gasteiger charge is -2.07. The first-order chi connectivity index (χ1) is 6.40. The van der Waals surface area contributed by atoms with Crippen LogP contribution in [0.5, 0.6) is 5.75 Å². The minimum Gasteiger partial charge on any atom is -1.00 e. The molecule has 0 saturated carbocycles. The highest BCUT2D eigenvalue weighted by molar-refractivity contribution is 8.13. The normalized spacial score (nSPS) is 12.9. The quantitative estimate of drug-likeness (QED) is 0.631. The third kappa shape index (κ3) is 2.59. The second-order valence-electron chi connectivity index (χ2n) is 2.50. The predicted octanol–water partition coefficient (Wildman–Crippen LogP) is -1.69. The van der Waals surface area contributed by atoms with Gasteiger partial charge in [0.15, 0.2) is 11.9 Å². The molecule has 0 amide bonds. The van der Waals surface area contributed by atoms with E-state index in [-0.39, 0.29) is 12.4 Å². The first-order valence-corrected chi connectivity index (χ1v) is 5.77. The summed E-state index contributed by atoms with van der Waals surface area (Å²) in [6.45, 7) is 2.72. The van der Waals surface area contributed by atoms with Crippen LogP contribution < -0.4 is 21.5 Å². The molecule has 1 aromatic rings. The van der Waals surface area contributed by atoms with Crippen molar-refractivity contribution in [3.63, 3.8) is 0 Å². The molecule has 1 N–H and O–H groups in total. The van der Waals surface area contributed by atoms with Gasteiger partial charge in [0.25, 0.3) is 0 Å². The average Bonchev–Trinajstić information content (AvgIpc) is 2.18. The lowest BCUT2D eigenvalue weighted by molar-refractivity contribution is -0.233. The molecule has 0 atom stereocenters. The molecule has 0 fully saturated rings. The summed E-state index contributed by atoms with van der Waals surface area (Å²) in [7, 11) is 0. The second-order valence-corrected chi connectivity index (χ2v) is 4.29. The Morgan fingerprint density at radius 2 is 2.21 bits per heavy atom. The van der Waals surface area contributed by atoms with E-state index < -0.39 is 0 Å². The number of fused-ring (bicyclic) bond motifs is 1. The molecular weight excluding hydrogens is 238 g/mol. The molecule has 1 aliphatic heterocycles. The highest BCUT2D eigenvalue weighted by atomic mass is 35.5. The van der Waals surface area contributed by atoms with Crippen molar-refractivity contribution >= 4 is 29.3 Å². The van der Waals surface area contributed by atoms with Crippen LogP contribution in [0.2, 0.25) is 0 Å². The fourth-order valence-corrected chi connectivity index (χ4v) is 2.67. The van der Waals surface area contributed by atoms with Crippen molar-refractivity contribution in [2.75, 3.05) is 6.61 Å². The van der Waals surface area contributed by atoms with Crippen LogP contribution in [0, 0.1) is 0 Å². The number of hydrogen-bond acceptors (Lipinski definition) is 3. The van der Waals surface area contributed by atoms with Gasteiger partial charge in [0.05, 0.1) is 11.5 Å². The number of benzene rings is 1. The van der Waals surface area contributed by atoms with Crippen molar-refractivity contribution in [2.45, 2.75) is 16.7 Å². The molecule has 0 saturated heterocycles. The summed E-state index contributed by atoms with van der Waals surface area (Å²) in [6, 6.07) is 6.16. The standard InChI is InChI=1S/C9H9NOS2.ClH/c1-2-11-7-3-4-8-9(5-7)12-6-10-13-8;/h3-6H,2H2,1H3;1H. The van der Waals surface area contributed by atoms with Crippen molar-refractivity contribution in [1.29, 1.82) is 0 Å². The van der Waals surface area contributed by atoms with Crippen LogP contribution in [0.3, 0.4) is 0 Å². The first-order valence-electron chi connectivity index (χ1n) is 4.07. The molecule has 0 radical (unpaired) electrons. The van der Waals surface area contributed by atoms with Gasteiger partial charge in [-0.25, -0.2) is 0 Å². The van der Waals surface area contributed by atoms with Crippen LogP contribution in [-0.4, -0.2) is 12.2 Å². The molecule has 0 aliphatic carbocycles. The topological polar surface area (TPSA) is 23.2 Å². The Morgan fingerprint density at radius 1 is 1.36 bits per heavy atom. The van der Waals surface area contributed by atoms with Crippen molar-refractivity contribution in [3.8, 4) is 5.75 Å². The van der Waals surface area contributed by atoms with Gasteiger partial charge < -0.3 is 17.1 Å². The second kappa shape index (κ2) is 5.53. The molecule has 5 heteroatoms. The Hall–Kier alpha value is -0.320. The molecule has 2 nitrogen and oxygen atoms in total. The lowest BCUT2D eigenvalue weighted by atomic mass is 10.3. The van der Waals surface area contributed by atoms with Crippen molar-refractivity contribution in [1.82, 2.24) is 0 Å². The number of hydrogen-bond donors (Lipinski definition) is 1. The zero-order valence-corrected chi connectivity index (χ0v) is 10.0. The van der Waals surface area contributed by atoms with Gasteiger partial charge in [-0.3, -0.25) is 0 Å². The first kappa shape index (κ1) is 11.8. The number of ether oxygens (including phenoxy) is 1. The molecule has 1 heterocycles. The summed E-state index contributed by atoms with van der Waals surface area (Å²) in [6.07, 6.45) is 0. The molecule has 1 aromatic carbocycles. The van der Waals surface area contributed by atoms with E-state index in [4.69, 9.17) is 4.74 Å². The monoisotopic (exact) mass is 247 g/mol. The highest BCUT2D eigenvalue weighted by Crippen LogP contribution is 2.31. The molecule has 0 unspecified atom stereocenters. The van der Waals surface area contributed by atoms with Gasteiger partial charge in [-0.2, -0.15) is 4.40 Å². The van der Waals surface area contributed by atoms with E-state index in [0.29, 0.717) is 0 Å². The van der Waals surface area contributed by atoms with Crippen LogP contribution in [0.15, 0.2) is 28.0 Å². The van der Waals surface area contributed by atoms with Crippen LogP contribution in [0.1, 0.15) is 6.92 Å². The minimum atomic E-state index is 0. The van der Waals surface area contributed by atoms with Crippen LogP contribution in [-0.2, 0) is 0 Å². The molecule has 0 aromatic heterocycles. The summed E-state index contributed by atoms with van der Waals surface area (Å²) < 4.78 is 8.52. The summed E-state index contributed by atoms with van der Waals surface area (Å²) >= 11 is 3.33. The fraction of sp³-hybridized carbons (Fsp3) is 0.222. The summed E-state index contributed by atoms with van der Waals surface area (Å²) in [4.78, 5) is 2.52. The maximum atomic E-state index is 5.42. The van der Waals surface area contributed by atoms with Gasteiger partial charge in [0.1, 0.15) is 5.75 Å². The predicted molar refractivity (Wildman–Crippen MR) is 56.4 cm³/mol. The minimum absolute atomic E-state index is 0. The van der Waals surface area contributed by atoms with Crippen LogP contribution in [0.4, 0.5) is 0 Å². The molecule has 2 rings (SSSR count). The van der Waals surface area contributed by atoms with E-state index in [1.165, 1.54) is 9.79 Å². The Labute approximate surface area is 98.1 Å². The summed E-state index contributed by atoms with van der Waals surface area (Å²) in [5.41, 5.74) is 1.97. The number of thioether (sulfide) groups is 1. The summed E-state index contributed by atoms with van der Waals surface area (Å²) in [5.74, 6) is 0.949. The Kier molecular flexibility index (Phi) is 4.65. The van der Waals surface area contributed by atoms with E-state index in [1.54, 1.807) is 23.7 Å². The molecule has 14 heavy (non-hydrogen) atoms. The number of nitrogens with one attached hydrogen (secondary N) is 1. The van der Waals surface area contributed by atoms with Crippen molar-refractivity contribution in [2.24, 2.45) is 0 Å². The lowest BCUT2D eigenvalue weighted by Crippen LogP contribution is -3.00. The molecule has 0 bridgehead atoms. The molecule has 1 aliphatic rings. The molecular formula is C9H10ClNOS2. The van der Waals surface area contributed by atoms with Crippen LogP contribution >= 0.6 is 23.7 Å². The van der Waals surface area contributed by atoms with E-state index in [2.05, 4.69) is 16.5 Å². The van der Waals surface area contributed by atoms with Gasteiger partial charge in [-0.05, 0) is 36.9 Å². The number of rotatable bonds is 2. The van der Waals surface area contributed by atoms with E-state index in [9.17, 15) is 0 Å². The molecule has 76 valence electrons. The molecule has 0 spiro atoms. The van der Waals surface area contributed by atoms with E-state index >= 15 is 0 Å². The third-order valence-corrected chi connectivity index (χ3v) is 3.55. The Morgan fingerprint density at radius 3 is 3.00 bits per heavy atom. The summed E-state index contributed by atoms with van der Waals surface area (Å²) in [5, 5.41) is 0. The third-order valence-electron chi connectivity index (χ3n) is 1.63. The smallest absolute Gasteiger partial charge is 0.214 e. The SMILES string of the molecule is CCOc1ccc2c(c1)SC=[NH+]S2.[Cl-]. The van der Waals surface area contributed by atoms with Crippen molar-refractivity contribution < 1.29 is 21.5 Å². The average molecular weight is 248 g/mol. The highest BCUT2D eigenvalue weighted by Gasteiger charge is 2.12. The van der Waals surface area contributed by atoms with Gasteiger partial charge in [-0.1, -0.05) is 0 Å². The van der Waals surface area contributed by atoms with E-state index in [0.717, 1.165) is 12.4 Å². The largest absolute Gasteiger partial charge is 1.00 e. The maximum Gasteiger partial charge on any atom is 0.214 e. The van der Waals surface area contributed by atoms with Crippen LogP contribution in [0.25, 0.3) is 0 Å². The van der Waals surface area contributed by atoms with Gasteiger partial charge in [0, 0.05) is 4.90 Å². The maximum absolute atomic E-state index is 5.42. The number of halogens is 1. The van der Waals surface area contributed by atoms with Gasteiger partial charge in [-0.15, -0.1) is 0 Å². The zero-order chi connectivity index (χ0) is 9.10. The van der Waals surface area contributed by atoms with Gasteiger partial charge in [0.2, 0.25) is 5.55 Å².